The average Bonchev–Trinajstić information content (AvgIpc) is 1.65. The number of hydrogen-bond donors (Lipinski definition) is 2. The van der Waals surface area contributed by atoms with Gasteiger partial charge in [0.2, 0.25) is 5.91 Å². The van der Waals surface area contributed by atoms with E-state index in [0.29, 0.717) is 0 Å². The Morgan fingerprint density at radius 2 is 2.38 bits per heavy atom. The molecule has 1 amide bonds. The highest BCUT2D eigenvalue weighted by atomic mass is 16.6. The maximum absolute atomic E-state index is 10.1. The highest BCUT2D eigenvalue weighted by molar-refractivity contribution is 5.74. The molecule has 0 aromatic heterocycles. The first-order valence-corrected chi connectivity index (χ1v) is 2.30. The van der Waals surface area contributed by atoms with Crippen molar-refractivity contribution >= 4 is 5.91 Å². The number of amides is 1. The van der Waals surface area contributed by atoms with E-state index in [9.17, 15) is 4.79 Å². The third-order valence-electron chi connectivity index (χ3n) is 0.721. The fourth-order valence-electron chi connectivity index (χ4n) is 0.331. The topological polar surface area (TPSA) is 78.3 Å². The zero-order valence-electron chi connectivity index (χ0n) is 4.76. The smallest absolute Gasteiger partial charge is 0.220 e. The van der Waals surface area contributed by atoms with Crippen LogP contribution in [0.1, 0.15) is 13.3 Å². The summed E-state index contributed by atoms with van der Waals surface area (Å²) in [5.74, 6) is 4.31. The average molecular weight is 118 g/mol. The molecule has 4 heteroatoms. The van der Waals surface area contributed by atoms with Crippen molar-refractivity contribution in [3.8, 4) is 0 Å². The molecular weight excluding hydrogens is 108 g/mol. The van der Waals surface area contributed by atoms with Crippen LogP contribution in [0.2, 0.25) is 0 Å². The van der Waals surface area contributed by atoms with E-state index < -0.39 is 5.91 Å². The summed E-state index contributed by atoms with van der Waals surface area (Å²) in [4.78, 5) is 14.3. The Morgan fingerprint density at radius 1 is 1.88 bits per heavy atom. The summed E-state index contributed by atoms with van der Waals surface area (Å²) in [6.07, 6.45) is -0.0938. The van der Waals surface area contributed by atoms with Gasteiger partial charge in [0.25, 0.3) is 0 Å². The third kappa shape index (κ3) is 3.58. The standard InChI is InChI=1S/C4H10N2O2/c1-3(8-6)2-4(5)7/h3H,2,6H2,1H3,(H2,5,7). The summed E-state index contributed by atoms with van der Waals surface area (Å²) in [5.41, 5.74) is 4.79. The molecule has 0 fully saturated rings. The molecule has 0 aromatic rings. The first-order chi connectivity index (χ1) is 3.66. The van der Waals surface area contributed by atoms with Crippen molar-refractivity contribution in [2.24, 2.45) is 11.6 Å². The number of nitrogens with two attached hydrogens (primary N) is 2. The van der Waals surface area contributed by atoms with E-state index in [1.54, 1.807) is 6.92 Å². The van der Waals surface area contributed by atoms with Crippen LogP contribution < -0.4 is 11.6 Å². The van der Waals surface area contributed by atoms with Crippen LogP contribution >= 0.6 is 0 Å². The molecule has 0 aliphatic heterocycles. The van der Waals surface area contributed by atoms with Crippen molar-refractivity contribution < 1.29 is 9.63 Å². The zero-order valence-corrected chi connectivity index (χ0v) is 4.76. The predicted molar refractivity (Wildman–Crippen MR) is 28.5 cm³/mol. The van der Waals surface area contributed by atoms with Gasteiger partial charge in [0, 0.05) is 0 Å². The Labute approximate surface area is 47.7 Å². The summed E-state index contributed by atoms with van der Waals surface area (Å²) >= 11 is 0. The van der Waals surface area contributed by atoms with E-state index in [4.69, 9.17) is 11.6 Å². The van der Waals surface area contributed by atoms with Gasteiger partial charge in [-0.05, 0) is 6.92 Å². The predicted octanol–water partition coefficient (Wildman–Crippen LogP) is -0.859. The second-order valence-corrected chi connectivity index (χ2v) is 1.62. The van der Waals surface area contributed by atoms with Crippen molar-refractivity contribution in [2.45, 2.75) is 19.4 Å². The molecule has 0 rings (SSSR count). The van der Waals surface area contributed by atoms with Crippen molar-refractivity contribution in [3.05, 3.63) is 0 Å². The number of rotatable bonds is 3. The van der Waals surface area contributed by atoms with Crippen molar-refractivity contribution in [1.29, 1.82) is 0 Å². The maximum atomic E-state index is 10.1. The minimum absolute atomic E-state index is 0.177. The highest BCUT2D eigenvalue weighted by Gasteiger charge is 2.02. The van der Waals surface area contributed by atoms with Gasteiger partial charge >= 0.3 is 0 Å². The minimum atomic E-state index is -0.400. The van der Waals surface area contributed by atoms with Gasteiger partial charge < -0.3 is 10.6 Å². The summed E-state index contributed by atoms with van der Waals surface area (Å²) in [6, 6.07) is 0. The zero-order chi connectivity index (χ0) is 6.57. The molecule has 0 aliphatic rings. The summed E-state index contributed by atoms with van der Waals surface area (Å²) in [5, 5.41) is 0. The van der Waals surface area contributed by atoms with Gasteiger partial charge in [0.05, 0.1) is 12.5 Å². The van der Waals surface area contributed by atoms with Crippen LogP contribution in [-0.2, 0) is 9.63 Å². The molecule has 0 aromatic carbocycles. The number of primary amides is 1. The molecule has 4 nitrogen and oxygen atoms in total. The Bertz CT molecular complexity index is 84.1. The van der Waals surface area contributed by atoms with Crippen LogP contribution in [0.3, 0.4) is 0 Å². The van der Waals surface area contributed by atoms with Crippen molar-refractivity contribution in [2.75, 3.05) is 0 Å². The summed E-state index contributed by atoms with van der Waals surface area (Å²) < 4.78 is 0. The highest BCUT2D eigenvalue weighted by Crippen LogP contribution is 1.89. The minimum Gasteiger partial charge on any atom is -0.370 e. The number of carbonyl (C=O) groups excluding carboxylic acids is 1. The van der Waals surface area contributed by atoms with Crippen molar-refractivity contribution in [1.82, 2.24) is 0 Å². The summed E-state index contributed by atoms with van der Waals surface area (Å²) in [7, 11) is 0. The second kappa shape index (κ2) is 3.40. The molecular formula is C4H10N2O2. The fourth-order valence-corrected chi connectivity index (χ4v) is 0.331. The van der Waals surface area contributed by atoms with Gasteiger partial charge in [-0.25, -0.2) is 5.90 Å². The lowest BCUT2D eigenvalue weighted by Gasteiger charge is -2.02. The van der Waals surface area contributed by atoms with Crippen LogP contribution in [0, 0.1) is 0 Å². The number of hydrogen-bond acceptors (Lipinski definition) is 3. The first kappa shape index (κ1) is 7.39. The van der Waals surface area contributed by atoms with E-state index >= 15 is 0 Å². The summed E-state index contributed by atoms with van der Waals surface area (Å²) in [6.45, 7) is 1.67. The Kier molecular flexibility index (Phi) is 3.14. The molecule has 8 heavy (non-hydrogen) atoms. The van der Waals surface area contributed by atoms with E-state index in [2.05, 4.69) is 4.84 Å². The van der Waals surface area contributed by atoms with E-state index in [-0.39, 0.29) is 12.5 Å². The molecule has 0 bridgehead atoms. The SMILES string of the molecule is CC(CC(N)=O)ON. The molecule has 4 N–H and O–H groups in total. The molecule has 0 saturated heterocycles. The maximum Gasteiger partial charge on any atom is 0.220 e. The van der Waals surface area contributed by atoms with Gasteiger partial charge in [-0.3, -0.25) is 4.79 Å². The Morgan fingerprint density at radius 3 is 2.50 bits per heavy atom. The Hall–Kier alpha value is -0.610. The van der Waals surface area contributed by atoms with E-state index in [1.165, 1.54) is 0 Å². The second-order valence-electron chi connectivity index (χ2n) is 1.62. The molecule has 48 valence electrons. The Balaban J connectivity index is 3.24. The quantitative estimate of drug-likeness (QED) is 0.473. The van der Waals surface area contributed by atoms with Gasteiger partial charge in [-0.2, -0.15) is 0 Å². The van der Waals surface area contributed by atoms with Crippen LogP contribution in [0.25, 0.3) is 0 Å². The van der Waals surface area contributed by atoms with Crippen LogP contribution in [0.5, 0.6) is 0 Å². The van der Waals surface area contributed by atoms with Gasteiger partial charge in [-0.15, -0.1) is 0 Å². The van der Waals surface area contributed by atoms with Gasteiger partial charge in [0.1, 0.15) is 0 Å². The van der Waals surface area contributed by atoms with Crippen LogP contribution in [0.4, 0.5) is 0 Å². The molecule has 0 radical (unpaired) electrons. The third-order valence-corrected chi connectivity index (χ3v) is 0.721. The van der Waals surface area contributed by atoms with Crippen molar-refractivity contribution in [3.63, 3.8) is 0 Å². The molecule has 1 unspecified atom stereocenters. The lowest BCUT2D eigenvalue weighted by Crippen LogP contribution is -2.22. The lowest BCUT2D eigenvalue weighted by molar-refractivity contribution is -0.120. The van der Waals surface area contributed by atoms with E-state index in [0.717, 1.165) is 0 Å². The lowest BCUT2D eigenvalue weighted by atomic mass is 10.3. The largest absolute Gasteiger partial charge is 0.370 e. The molecule has 0 spiro atoms. The first-order valence-electron chi connectivity index (χ1n) is 2.30. The number of carbonyl (C=O) groups is 1. The van der Waals surface area contributed by atoms with Gasteiger partial charge in [0.15, 0.2) is 0 Å². The van der Waals surface area contributed by atoms with Gasteiger partial charge in [-0.1, -0.05) is 0 Å². The molecule has 0 heterocycles. The van der Waals surface area contributed by atoms with Crippen LogP contribution in [-0.4, -0.2) is 12.0 Å². The molecule has 1 atom stereocenters. The molecule has 0 aliphatic carbocycles. The fraction of sp³-hybridized carbons (Fsp3) is 0.750. The van der Waals surface area contributed by atoms with E-state index in [1.807, 2.05) is 0 Å². The monoisotopic (exact) mass is 118 g/mol. The molecule has 0 saturated carbocycles. The normalized spacial score (nSPS) is 13.2. The van der Waals surface area contributed by atoms with Crippen LogP contribution in [0.15, 0.2) is 0 Å².